The molecule has 0 aromatic heterocycles. The van der Waals surface area contributed by atoms with Crippen molar-refractivity contribution < 1.29 is 9.47 Å². The largest absolute Gasteiger partial charge is 0.454 e. The van der Waals surface area contributed by atoms with Crippen LogP contribution in [-0.2, 0) is 0 Å². The van der Waals surface area contributed by atoms with E-state index in [4.69, 9.17) is 15.9 Å². The molecule has 1 aromatic rings. The SMILES string of the molecule is C#CC(C)NC(C)c1ccc2c(c1)OCO2. The van der Waals surface area contributed by atoms with Gasteiger partial charge in [0.15, 0.2) is 11.5 Å². The maximum atomic E-state index is 5.33. The van der Waals surface area contributed by atoms with Gasteiger partial charge in [-0.3, -0.25) is 5.32 Å². The van der Waals surface area contributed by atoms with Crippen LogP contribution in [0.3, 0.4) is 0 Å². The molecule has 0 amide bonds. The minimum atomic E-state index is 0.0559. The number of hydrogen-bond acceptors (Lipinski definition) is 3. The van der Waals surface area contributed by atoms with Crippen LogP contribution in [0.4, 0.5) is 0 Å². The molecule has 0 spiro atoms. The zero-order chi connectivity index (χ0) is 11.5. The molecule has 84 valence electrons. The number of terminal acetylenes is 1. The summed E-state index contributed by atoms with van der Waals surface area (Å²) in [5, 5.41) is 3.30. The molecule has 0 fully saturated rings. The van der Waals surface area contributed by atoms with Crippen molar-refractivity contribution in [1.82, 2.24) is 5.32 Å². The van der Waals surface area contributed by atoms with Gasteiger partial charge in [-0.2, -0.15) is 0 Å². The molecule has 16 heavy (non-hydrogen) atoms. The molecule has 3 nitrogen and oxygen atoms in total. The Morgan fingerprint density at radius 1 is 1.31 bits per heavy atom. The van der Waals surface area contributed by atoms with Crippen LogP contribution < -0.4 is 14.8 Å². The quantitative estimate of drug-likeness (QED) is 0.786. The number of benzene rings is 1. The fourth-order valence-corrected chi connectivity index (χ4v) is 1.70. The van der Waals surface area contributed by atoms with Gasteiger partial charge in [0.1, 0.15) is 0 Å². The lowest BCUT2D eigenvalue weighted by Crippen LogP contribution is -2.27. The van der Waals surface area contributed by atoms with Crippen molar-refractivity contribution in [3.05, 3.63) is 23.8 Å². The van der Waals surface area contributed by atoms with Gasteiger partial charge >= 0.3 is 0 Å². The van der Waals surface area contributed by atoms with Gasteiger partial charge in [0, 0.05) is 6.04 Å². The molecule has 1 aliphatic rings. The van der Waals surface area contributed by atoms with E-state index in [2.05, 4.69) is 18.2 Å². The second-order valence-corrected chi connectivity index (χ2v) is 3.89. The third-order valence-electron chi connectivity index (χ3n) is 2.65. The van der Waals surface area contributed by atoms with Crippen LogP contribution in [0.2, 0.25) is 0 Å². The smallest absolute Gasteiger partial charge is 0.231 e. The molecule has 0 aliphatic carbocycles. The summed E-state index contributed by atoms with van der Waals surface area (Å²) in [7, 11) is 0. The fourth-order valence-electron chi connectivity index (χ4n) is 1.70. The Kier molecular flexibility index (Phi) is 3.02. The molecule has 0 radical (unpaired) electrons. The minimum absolute atomic E-state index is 0.0559. The van der Waals surface area contributed by atoms with Crippen LogP contribution in [0.25, 0.3) is 0 Å². The molecule has 2 unspecified atom stereocenters. The van der Waals surface area contributed by atoms with Gasteiger partial charge in [0.25, 0.3) is 0 Å². The highest BCUT2D eigenvalue weighted by atomic mass is 16.7. The Morgan fingerprint density at radius 3 is 2.81 bits per heavy atom. The highest BCUT2D eigenvalue weighted by molar-refractivity contribution is 5.45. The molecule has 0 bridgehead atoms. The molecular weight excluding hydrogens is 202 g/mol. The van der Waals surface area contributed by atoms with E-state index in [1.54, 1.807) is 0 Å². The van der Waals surface area contributed by atoms with Crippen molar-refractivity contribution in [1.29, 1.82) is 0 Å². The van der Waals surface area contributed by atoms with Gasteiger partial charge < -0.3 is 9.47 Å². The topological polar surface area (TPSA) is 30.5 Å². The van der Waals surface area contributed by atoms with Crippen molar-refractivity contribution >= 4 is 0 Å². The van der Waals surface area contributed by atoms with Crippen LogP contribution in [-0.4, -0.2) is 12.8 Å². The summed E-state index contributed by atoms with van der Waals surface area (Å²) in [6, 6.07) is 6.19. The second kappa shape index (κ2) is 4.46. The Morgan fingerprint density at radius 2 is 2.06 bits per heavy atom. The summed E-state index contributed by atoms with van der Waals surface area (Å²) < 4.78 is 10.6. The van der Waals surface area contributed by atoms with Crippen molar-refractivity contribution in [2.45, 2.75) is 25.9 Å². The Bertz CT molecular complexity index is 422. The van der Waals surface area contributed by atoms with E-state index in [-0.39, 0.29) is 12.1 Å². The molecular formula is C13H15NO2. The van der Waals surface area contributed by atoms with Crippen LogP contribution in [0.5, 0.6) is 11.5 Å². The maximum Gasteiger partial charge on any atom is 0.231 e. The van der Waals surface area contributed by atoms with Crippen molar-refractivity contribution in [3.63, 3.8) is 0 Å². The average Bonchev–Trinajstić information content (AvgIpc) is 2.75. The minimum Gasteiger partial charge on any atom is -0.454 e. The van der Waals surface area contributed by atoms with Gasteiger partial charge in [-0.1, -0.05) is 12.0 Å². The lowest BCUT2D eigenvalue weighted by Gasteiger charge is -2.16. The first-order valence-corrected chi connectivity index (χ1v) is 5.32. The molecule has 0 saturated heterocycles. The van der Waals surface area contributed by atoms with Gasteiger partial charge in [0.2, 0.25) is 6.79 Å². The summed E-state index contributed by atoms with van der Waals surface area (Å²) in [4.78, 5) is 0. The third-order valence-corrected chi connectivity index (χ3v) is 2.65. The Labute approximate surface area is 95.8 Å². The van der Waals surface area contributed by atoms with E-state index >= 15 is 0 Å². The van der Waals surface area contributed by atoms with Gasteiger partial charge in [-0.25, -0.2) is 0 Å². The van der Waals surface area contributed by atoms with E-state index in [0.717, 1.165) is 17.1 Å². The number of hydrogen-bond donors (Lipinski definition) is 1. The fraction of sp³-hybridized carbons (Fsp3) is 0.385. The summed E-state index contributed by atoms with van der Waals surface area (Å²) in [5.74, 6) is 4.26. The highest BCUT2D eigenvalue weighted by Gasteiger charge is 2.16. The Balaban J connectivity index is 2.12. The monoisotopic (exact) mass is 217 g/mol. The maximum absolute atomic E-state index is 5.33. The predicted molar refractivity (Wildman–Crippen MR) is 62.4 cm³/mol. The number of rotatable bonds is 3. The van der Waals surface area contributed by atoms with Crippen LogP contribution in [0.15, 0.2) is 18.2 Å². The molecule has 2 atom stereocenters. The first kappa shape index (κ1) is 10.8. The molecule has 2 rings (SSSR count). The lowest BCUT2D eigenvalue weighted by atomic mass is 10.1. The summed E-state index contributed by atoms with van der Waals surface area (Å²) in [6.07, 6.45) is 5.33. The van der Waals surface area contributed by atoms with Crippen molar-refractivity contribution in [3.8, 4) is 23.8 Å². The molecule has 1 aromatic carbocycles. The van der Waals surface area contributed by atoms with E-state index in [1.165, 1.54) is 0 Å². The van der Waals surface area contributed by atoms with E-state index in [9.17, 15) is 0 Å². The first-order chi connectivity index (χ1) is 7.70. The summed E-state index contributed by atoms with van der Waals surface area (Å²) in [6.45, 7) is 4.34. The molecule has 1 N–H and O–H groups in total. The second-order valence-electron chi connectivity index (χ2n) is 3.89. The average molecular weight is 217 g/mol. The predicted octanol–water partition coefficient (Wildman–Crippen LogP) is 2.09. The van der Waals surface area contributed by atoms with Crippen LogP contribution >= 0.6 is 0 Å². The van der Waals surface area contributed by atoms with Gasteiger partial charge in [-0.15, -0.1) is 6.42 Å². The molecule has 3 heteroatoms. The molecule has 0 saturated carbocycles. The van der Waals surface area contributed by atoms with Crippen molar-refractivity contribution in [2.24, 2.45) is 0 Å². The first-order valence-electron chi connectivity index (χ1n) is 5.32. The van der Waals surface area contributed by atoms with Gasteiger partial charge in [0.05, 0.1) is 6.04 Å². The highest BCUT2D eigenvalue weighted by Crippen LogP contribution is 2.34. The van der Waals surface area contributed by atoms with E-state index in [1.807, 2.05) is 25.1 Å². The zero-order valence-corrected chi connectivity index (χ0v) is 9.49. The van der Waals surface area contributed by atoms with Crippen LogP contribution in [0.1, 0.15) is 25.5 Å². The Hall–Kier alpha value is -1.66. The van der Waals surface area contributed by atoms with Gasteiger partial charge in [-0.05, 0) is 31.5 Å². The van der Waals surface area contributed by atoms with Crippen molar-refractivity contribution in [2.75, 3.05) is 6.79 Å². The molecule has 1 aliphatic heterocycles. The van der Waals surface area contributed by atoms with E-state index in [0.29, 0.717) is 6.79 Å². The number of fused-ring (bicyclic) bond motifs is 1. The summed E-state index contributed by atoms with van der Waals surface area (Å²) >= 11 is 0. The third kappa shape index (κ3) is 2.12. The summed E-state index contributed by atoms with van der Waals surface area (Å²) in [5.41, 5.74) is 1.14. The van der Waals surface area contributed by atoms with Crippen LogP contribution in [0, 0.1) is 12.3 Å². The number of ether oxygens (including phenoxy) is 2. The zero-order valence-electron chi connectivity index (χ0n) is 9.49. The normalized spacial score (nSPS) is 16.6. The number of nitrogens with one attached hydrogen (secondary N) is 1. The van der Waals surface area contributed by atoms with E-state index < -0.39 is 0 Å². The standard InChI is InChI=1S/C13H15NO2/c1-4-9(2)14-10(3)11-5-6-12-13(7-11)16-8-15-12/h1,5-7,9-10,14H,8H2,2-3H3. The lowest BCUT2D eigenvalue weighted by molar-refractivity contribution is 0.174. The molecule has 1 heterocycles.